The van der Waals surface area contributed by atoms with Gasteiger partial charge >= 0.3 is 0 Å². The molecule has 0 aliphatic carbocycles. The van der Waals surface area contributed by atoms with Gasteiger partial charge in [-0.1, -0.05) is 23.8 Å². The van der Waals surface area contributed by atoms with Crippen LogP contribution in [0.2, 0.25) is 0 Å². The molecule has 2 aromatic carbocycles. The number of fused-ring (bicyclic) bond motifs is 1. The summed E-state index contributed by atoms with van der Waals surface area (Å²) in [5.74, 6) is 0. The van der Waals surface area contributed by atoms with Gasteiger partial charge in [0.1, 0.15) is 0 Å². The summed E-state index contributed by atoms with van der Waals surface area (Å²) in [7, 11) is 0. The average molecular weight is 290 g/mol. The molecule has 0 bridgehead atoms. The van der Waals surface area contributed by atoms with Crippen LogP contribution < -0.4 is 5.32 Å². The second-order valence-corrected chi connectivity index (χ2v) is 6.16. The first kappa shape index (κ1) is 14.6. The summed E-state index contributed by atoms with van der Waals surface area (Å²) < 4.78 is 0. The topological polar surface area (TPSA) is 24.9 Å². The van der Waals surface area contributed by atoms with Gasteiger partial charge in [-0.25, -0.2) is 0 Å². The summed E-state index contributed by atoms with van der Waals surface area (Å²) in [6, 6.07) is 12.9. The Kier molecular flexibility index (Phi) is 3.61. The van der Waals surface area contributed by atoms with Gasteiger partial charge in [0, 0.05) is 22.5 Å². The smallest absolute Gasteiger partial charge is 0.0755 e. The van der Waals surface area contributed by atoms with Crippen LogP contribution in [0.1, 0.15) is 27.9 Å². The Morgan fingerprint density at radius 3 is 2.36 bits per heavy atom. The van der Waals surface area contributed by atoms with Crippen LogP contribution >= 0.6 is 0 Å². The van der Waals surface area contributed by atoms with Crippen molar-refractivity contribution in [3.05, 3.63) is 64.3 Å². The van der Waals surface area contributed by atoms with Gasteiger partial charge in [-0.3, -0.25) is 4.98 Å². The molecular formula is C20H22N2. The van der Waals surface area contributed by atoms with E-state index >= 15 is 0 Å². The number of anilines is 2. The maximum Gasteiger partial charge on any atom is 0.0755 e. The van der Waals surface area contributed by atoms with Crippen LogP contribution in [-0.2, 0) is 0 Å². The minimum atomic E-state index is 1.03. The molecule has 3 aromatic rings. The molecule has 112 valence electrons. The Bertz CT molecular complexity index is 863. The molecule has 2 nitrogen and oxygen atoms in total. The van der Waals surface area contributed by atoms with Crippen LogP contribution in [0.4, 0.5) is 11.4 Å². The van der Waals surface area contributed by atoms with Gasteiger partial charge in [-0.05, 0) is 69.5 Å². The van der Waals surface area contributed by atoms with Crippen molar-refractivity contribution in [1.82, 2.24) is 4.98 Å². The largest absolute Gasteiger partial charge is 0.355 e. The average Bonchev–Trinajstić information content (AvgIpc) is 2.45. The number of nitrogens with zero attached hydrogens (tertiary/aromatic N) is 1. The van der Waals surface area contributed by atoms with Gasteiger partial charge in [0.2, 0.25) is 0 Å². The van der Waals surface area contributed by atoms with Crippen molar-refractivity contribution < 1.29 is 0 Å². The molecule has 0 saturated carbocycles. The predicted octanol–water partition coefficient (Wildman–Crippen LogP) is 5.52. The zero-order chi connectivity index (χ0) is 15.9. The third-order valence-electron chi connectivity index (χ3n) is 4.25. The van der Waals surface area contributed by atoms with Crippen LogP contribution in [0.3, 0.4) is 0 Å². The van der Waals surface area contributed by atoms with E-state index in [9.17, 15) is 0 Å². The van der Waals surface area contributed by atoms with Crippen molar-refractivity contribution in [2.75, 3.05) is 5.32 Å². The molecule has 0 unspecified atom stereocenters. The highest BCUT2D eigenvalue weighted by Crippen LogP contribution is 2.31. The van der Waals surface area contributed by atoms with Crippen molar-refractivity contribution in [3.63, 3.8) is 0 Å². The summed E-state index contributed by atoms with van der Waals surface area (Å²) in [4.78, 5) is 4.72. The molecule has 0 aliphatic heterocycles. The minimum absolute atomic E-state index is 1.03. The van der Waals surface area contributed by atoms with Crippen molar-refractivity contribution in [2.24, 2.45) is 0 Å². The zero-order valence-electron chi connectivity index (χ0n) is 13.9. The molecule has 1 heterocycles. The van der Waals surface area contributed by atoms with Gasteiger partial charge in [0.15, 0.2) is 0 Å². The van der Waals surface area contributed by atoms with E-state index in [1.165, 1.54) is 27.6 Å². The number of aromatic nitrogens is 1. The Morgan fingerprint density at radius 1 is 0.818 bits per heavy atom. The Hall–Kier alpha value is -2.35. The second-order valence-electron chi connectivity index (χ2n) is 6.16. The van der Waals surface area contributed by atoms with Gasteiger partial charge < -0.3 is 5.32 Å². The normalized spacial score (nSPS) is 11.0. The van der Waals surface area contributed by atoms with E-state index in [1.54, 1.807) is 0 Å². The fraction of sp³-hybridized carbons (Fsp3) is 0.250. The van der Waals surface area contributed by atoms with Crippen molar-refractivity contribution >= 4 is 22.3 Å². The second kappa shape index (κ2) is 5.45. The number of rotatable bonds is 2. The van der Waals surface area contributed by atoms with Gasteiger partial charge in [-0.2, -0.15) is 0 Å². The van der Waals surface area contributed by atoms with E-state index in [-0.39, 0.29) is 0 Å². The molecule has 0 spiro atoms. The summed E-state index contributed by atoms with van der Waals surface area (Å²) in [5.41, 5.74) is 9.48. The number of aryl methyl sites for hydroxylation is 4. The Morgan fingerprint density at radius 2 is 1.59 bits per heavy atom. The molecule has 3 rings (SSSR count). The highest BCUT2D eigenvalue weighted by atomic mass is 14.9. The molecule has 0 saturated heterocycles. The highest BCUT2D eigenvalue weighted by Gasteiger charge is 2.09. The molecule has 1 aromatic heterocycles. The lowest BCUT2D eigenvalue weighted by Gasteiger charge is -2.15. The molecular weight excluding hydrogens is 268 g/mol. The first-order chi connectivity index (χ1) is 10.5. The van der Waals surface area contributed by atoms with Crippen LogP contribution in [-0.4, -0.2) is 4.98 Å². The number of pyridine rings is 1. The van der Waals surface area contributed by atoms with Crippen LogP contribution in [0, 0.1) is 34.6 Å². The van der Waals surface area contributed by atoms with Gasteiger partial charge in [0.05, 0.1) is 5.52 Å². The predicted molar refractivity (Wildman–Crippen MR) is 95.2 cm³/mol. The Labute approximate surface area is 132 Å². The first-order valence-electron chi connectivity index (χ1n) is 7.67. The fourth-order valence-corrected chi connectivity index (χ4v) is 2.94. The van der Waals surface area contributed by atoms with E-state index in [0.717, 1.165) is 22.6 Å². The molecule has 0 atom stereocenters. The standard InChI is InChI=1S/C20H22N2/c1-12-9-14(3)20-17(10-12)19(11-15(4)21-20)22-18-8-6-7-13(2)16(18)5/h6-11H,1-5H3,(H,21,22). The maximum atomic E-state index is 4.72. The highest BCUT2D eigenvalue weighted by molar-refractivity contribution is 5.95. The molecule has 22 heavy (non-hydrogen) atoms. The summed E-state index contributed by atoms with van der Waals surface area (Å²) in [5, 5.41) is 4.80. The van der Waals surface area contributed by atoms with Crippen molar-refractivity contribution in [3.8, 4) is 0 Å². The Balaban J connectivity index is 2.20. The molecule has 0 amide bonds. The fourth-order valence-electron chi connectivity index (χ4n) is 2.94. The quantitative estimate of drug-likeness (QED) is 0.672. The first-order valence-corrected chi connectivity index (χ1v) is 7.67. The van der Waals surface area contributed by atoms with E-state index in [1.807, 2.05) is 6.92 Å². The summed E-state index contributed by atoms with van der Waals surface area (Å²) in [6.07, 6.45) is 0. The zero-order valence-corrected chi connectivity index (χ0v) is 13.9. The van der Waals surface area contributed by atoms with Gasteiger partial charge in [0.25, 0.3) is 0 Å². The van der Waals surface area contributed by atoms with E-state index in [2.05, 4.69) is 69.4 Å². The van der Waals surface area contributed by atoms with Crippen LogP contribution in [0.25, 0.3) is 10.9 Å². The lowest BCUT2D eigenvalue weighted by molar-refractivity contribution is 1.23. The molecule has 0 fully saturated rings. The number of hydrogen-bond acceptors (Lipinski definition) is 2. The number of benzene rings is 2. The van der Waals surface area contributed by atoms with E-state index in [4.69, 9.17) is 4.98 Å². The lowest BCUT2D eigenvalue weighted by Crippen LogP contribution is -1.98. The maximum absolute atomic E-state index is 4.72. The third kappa shape index (κ3) is 2.57. The van der Waals surface area contributed by atoms with E-state index < -0.39 is 0 Å². The van der Waals surface area contributed by atoms with Crippen LogP contribution in [0.15, 0.2) is 36.4 Å². The van der Waals surface area contributed by atoms with E-state index in [0.29, 0.717) is 0 Å². The number of hydrogen-bond donors (Lipinski definition) is 1. The lowest BCUT2D eigenvalue weighted by atomic mass is 10.0. The molecule has 0 aliphatic rings. The SMILES string of the molecule is Cc1cc(C)c2nc(C)cc(Nc3cccc(C)c3C)c2c1. The monoisotopic (exact) mass is 290 g/mol. The molecule has 0 radical (unpaired) electrons. The summed E-state index contributed by atoms with van der Waals surface area (Å²) >= 11 is 0. The van der Waals surface area contributed by atoms with Crippen LogP contribution in [0.5, 0.6) is 0 Å². The van der Waals surface area contributed by atoms with Crippen molar-refractivity contribution in [2.45, 2.75) is 34.6 Å². The molecule has 2 heteroatoms. The van der Waals surface area contributed by atoms with Crippen molar-refractivity contribution in [1.29, 1.82) is 0 Å². The molecule has 1 N–H and O–H groups in total. The number of nitrogens with one attached hydrogen (secondary N) is 1. The summed E-state index contributed by atoms with van der Waals surface area (Å²) in [6.45, 7) is 10.6. The van der Waals surface area contributed by atoms with Gasteiger partial charge in [-0.15, -0.1) is 0 Å². The third-order valence-corrected chi connectivity index (χ3v) is 4.25. The minimum Gasteiger partial charge on any atom is -0.355 e.